The highest BCUT2D eigenvalue weighted by molar-refractivity contribution is 7.99. The summed E-state index contributed by atoms with van der Waals surface area (Å²) in [5, 5.41) is 10.3. The summed E-state index contributed by atoms with van der Waals surface area (Å²) in [7, 11) is 0. The standard InChI is InChI=1S/C18H24N4O2S/c1-12-16(13(2)24-22-12)4-3-8-19-18(23)14-5-6-17(20-10-14)21-15-7-9-25-11-15/h5-6,10,15H,3-4,7-9,11H2,1-2H3,(H,19,23)(H,20,21)/t15-/m0/s1. The summed E-state index contributed by atoms with van der Waals surface area (Å²) < 4.78 is 5.15. The highest BCUT2D eigenvalue weighted by Crippen LogP contribution is 2.20. The second-order valence-electron chi connectivity index (χ2n) is 6.30. The van der Waals surface area contributed by atoms with Crippen LogP contribution in [-0.4, -0.2) is 40.1 Å². The first-order chi connectivity index (χ1) is 12.1. The summed E-state index contributed by atoms with van der Waals surface area (Å²) in [6, 6.07) is 4.18. The van der Waals surface area contributed by atoms with Crippen molar-refractivity contribution in [1.82, 2.24) is 15.5 Å². The lowest BCUT2D eigenvalue weighted by Crippen LogP contribution is -2.25. The number of thioether (sulfide) groups is 1. The molecule has 1 atom stereocenters. The highest BCUT2D eigenvalue weighted by Gasteiger charge is 2.15. The molecule has 1 amide bonds. The van der Waals surface area contributed by atoms with Gasteiger partial charge >= 0.3 is 0 Å². The van der Waals surface area contributed by atoms with E-state index >= 15 is 0 Å². The molecule has 134 valence electrons. The van der Waals surface area contributed by atoms with Gasteiger partial charge in [0.2, 0.25) is 0 Å². The molecular formula is C18H24N4O2S. The molecule has 0 aromatic carbocycles. The third-order valence-electron chi connectivity index (χ3n) is 4.38. The fourth-order valence-electron chi connectivity index (χ4n) is 2.90. The van der Waals surface area contributed by atoms with Gasteiger partial charge in [0.05, 0.1) is 11.3 Å². The predicted molar refractivity (Wildman–Crippen MR) is 100 cm³/mol. The van der Waals surface area contributed by atoms with Crippen LogP contribution in [0.1, 0.15) is 40.2 Å². The molecule has 1 aliphatic rings. The lowest BCUT2D eigenvalue weighted by atomic mass is 10.1. The van der Waals surface area contributed by atoms with Crippen molar-refractivity contribution in [3.63, 3.8) is 0 Å². The predicted octanol–water partition coefficient (Wildman–Crippen LogP) is 2.97. The van der Waals surface area contributed by atoms with Crippen LogP contribution >= 0.6 is 11.8 Å². The smallest absolute Gasteiger partial charge is 0.252 e. The molecule has 2 aromatic rings. The van der Waals surface area contributed by atoms with Gasteiger partial charge in [-0.05, 0) is 51.0 Å². The number of aryl methyl sites for hydroxylation is 2. The van der Waals surface area contributed by atoms with Gasteiger partial charge in [-0.1, -0.05) is 5.16 Å². The normalized spacial score (nSPS) is 16.8. The van der Waals surface area contributed by atoms with Gasteiger partial charge in [0, 0.05) is 30.1 Å². The molecular weight excluding hydrogens is 336 g/mol. The number of aromatic nitrogens is 2. The first-order valence-corrected chi connectivity index (χ1v) is 9.79. The van der Waals surface area contributed by atoms with Crippen LogP contribution in [0.2, 0.25) is 0 Å². The maximum atomic E-state index is 12.2. The van der Waals surface area contributed by atoms with Crippen molar-refractivity contribution in [3.05, 3.63) is 40.9 Å². The summed E-state index contributed by atoms with van der Waals surface area (Å²) in [5.41, 5.74) is 2.65. The molecule has 0 bridgehead atoms. The molecule has 0 spiro atoms. The molecule has 1 fully saturated rings. The molecule has 2 N–H and O–H groups in total. The van der Waals surface area contributed by atoms with Crippen molar-refractivity contribution in [2.75, 3.05) is 23.4 Å². The summed E-state index contributed by atoms with van der Waals surface area (Å²) in [5.74, 6) is 3.93. The van der Waals surface area contributed by atoms with Crippen LogP contribution in [0.5, 0.6) is 0 Å². The summed E-state index contributed by atoms with van der Waals surface area (Å²) >= 11 is 1.96. The molecule has 1 aliphatic heterocycles. The summed E-state index contributed by atoms with van der Waals surface area (Å²) in [6.07, 6.45) is 4.50. The monoisotopic (exact) mass is 360 g/mol. The number of amides is 1. The molecule has 2 aromatic heterocycles. The van der Waals surface area contributed by atoms with Crippen LogP contribution in [0.4, 0.5) is 5.82 Å². The van der Waals surface area contributed by atoms with Gasteiger partial charge in [0.25, 0.3) is 5.91 Å². The second-order valence-corrected chi connectivity index (χ2v) is 7.45. The Morgan fingerprint density at radius 3 is 2.92 bits per heavy atom. The zero-order valence-corrected chi connectivity index (χ0v) is 15.5. The Morgan fingerprint density at radius 1 is 1.40 bits per heavy atom. The van der Waals surface area contributed by atoms with Crippen molar-refractivity contribution < 1.29 is 9.32 Å². The first kappa shape index (κ1) is 17.8. The van der Waals surface area contributed by atoms with Gasteiger partial charge in [0.1, 0.15) is 11.6 Å². The van der Waals surface area contributed by atoms with Crippen molar-refractivity contribution in [1.29, 1.82) is 0 Å². The van der Waals surface area contributed by atoms with E-state index in [1.807, 2.05) is 37.7 Å². The van der Waals surface area contributed by atoms with Crippen LogP contribution in [-0.2, 0) is 6.42 Å². The molecule has 0 radical (unpaired) electrons. The van der Waals surface area contributed by atoms with E-state index in [0.29, 0.717) is 18.2 Å². The highest BCUT2D eigenvalue weighted by atomic mass is 32.2. The fraction of sp³-hybridized carbons (Fsp3) is 0.500. The van der Waals surface area contributed by atoms with Crippen LogP contribution in [0.25, 0.3) is 0 Å². The Balaban J connectivity index is 1.43. The zero-order chi connectivity index (χ0) is 17.6. The molecule has 0 saturated carbocycles. The van der Waals surface area contributed by atoms with Crippen molar-refractivity contribution in [2.24, 2.45) is 0 Å². The molecule has 1 saturated heterocycles. The first-order valence-electron chi connectivity index (χ1n) is 8.64. The largest absolute Gasteiger partial charge is 0.366 e. The number of nitrogens with zero attached hydrogens (tertiary/aromatic N) is 2. The van der Waals surface area contributed by atoms with E-state index in [4.69, 9.17) is 4.52 Å². The third-order valence-corrected chi connectivity index (χ3v) is 5.54. The van der Waals surface area contributed by atoms with E-state index in [1.165, 1.54) is 12.2 Å². The van der Waals surface area contributed by atoms with Crippen LogP contribution in [0.15, 0.2) is 22.9 Å². The topological polar surface area (TPSA) is 80.0 Å². The summed E-state index contributed by atoms with van der Waals surface area (Å²) in [6.45, 7) is 4.47. The average molecular weight is 360 g/mol. The number of anilines is 1. The van der Waals surface area contributed by atoms with E-state index in [-0.39, 0.29) is 5.91 Å². The molecule has 3 rings (SSSR count). The minimum absolute atomic E-state index is 0.0887. The van der Waals surface area contributed by atoms with Gasteiger partial charge in [0.15, 0.2) is 0 Å². The Morgan fingerprint density at radius 2 is 2.28 bits per heavy atom. The Bertz CT molecular complexity index is 689. The number of pyridine rings is 1. The molecule has 6 nitrogen and oxygen atoms in total. The van der Waals surface area contributed by atoms with Gasteiger partial charge in [-0.2, -0.15) is 11.8 Å². The Hall–Kier alpha value is -2.02. The van der Waals surface area contributed by atoms with E-state index in [2.05, 4.69) is 20.8 Å². The van der Waals surface area contributed by atoms with Crippen molar-refractivity contribution in [2.45, 2.75) is 39.2 Å². The van der Waals surface area contributed by atoms with E-state index in [0.717, 1.165) is 41.4 Å². The maximum Gasteiger partial charge on any atom is 0.252 e. The fourth-order valence-corrected chi connectivity index (χ4v) is 4.05. The van der Waals surface area contributed by atoms with Gasteiger partial charge in [-0.3, -0.25) is 4.79 Å². The van der Waals surface area contributed by atoms with E-state index in [9.17, 15) is 4.79 Å². The van der Waals surface area contributed by atoms with Gasteiger partial charge in [-0.25, -0.2) is 4.98 Å². The number of carbonyl (C=O) groups excluding carboxylic acids is 1. The maximum absolute atomic E-state index is 12.2. The molecule has 7 heteroatoms. The SMILES string of the molecule is Cc1noc(C)c1CCCNC(=O)c1ccc(N[C@H]2CCSC2)nc1. The number of hydrogen-bond donors (Lipinski definition) is 2. The summed E-state index contributed by atoms with van der Waals surface area (Å²) in [4.78, 5) is 16.5. The van der Waals surface area contributed by atoms with Gasteiger partial charge < -0.3 is 15.2 Å². The van der Waals surface area contributed by atoms with Crippen molar-refractivity contribution in [3.8, 4) is 0 Å². The van der Waals surface area contributed by atoms with E-state index in [1.54, 1.807) is 6.20 Å². The van der Waals surface area contributed by atoms with Crippen molar-refractivity contribution >= 4 is 23.5 Å². The quantitative estimate of drug-likeness (QED) is 0.739. The number of nitrogens with one attached hydrogen (secondary N) is 2. The number of rotatable bonds is 7. The Labute approximate surface area is 152 Å². The third kappa shape index (κ3) is 4.75. The Kier molecular flexibility index (Phi) is 5.96. The average Bonchev–Trinajstić information content (AvgIpc) is 3.23. The van der Waals surface area contributed by atoms with Crippen LogP contribution in [0, 0.1) is 13.8 Å². The zero-order valence-electron chi connectivity index (χ0n) is 14.7. The molecule has 3 heterocycles. The van der Waals surface area contributed by atoms with Crippen LogP contribution in [0.3, 0.4) is 0 Å². The number of hydrogen-bond acceptors (Lipinski definition) is 6. The molecule has 0 unspecified atom stereocenters. The minimum atomic E-state index is -0.0887. The molecule has 0 aliphatic carbocycles. The lowest BCUT2D eigenvalue weighted by molar-refractivity contribution is 0.0953. The van der Waals surface area contributed by atoms with E-state index < -0.39 is 0 Å². The van der Waals surface area contributed by atoms with Crippen LogP contribution < -0.4 is 10.6 Å². The minimum Gasteiger partial charge on any atom is -0.366 e. The molecule has 25 heavy (non-hydrogen) atoms. The number of carbonyl (C=O) groups is 1. The second kappa shape index (κ2) is 8.38. The van der Waals surface area contributed by atoms with Gasteiger partial charge in [-0.15, -0.1) is 0 Å². The lowest BCUT2D eigenvalue weighted by Gasteiger charge is -2.12.